The molecule has 0 aliphatic carbocycles. The van der Waals surface area contributed by atoms with Gasteiger partial charge in [0.2, 0.25) is 0 Å². The van der Waals surface area contributed by atoms with E-state index in [0.29, 0.717) is 31.6 Å². The van der Waals surface area contributed by atoms with Crippen molar-refractivity contribution in [2.24, 2.45) is 0 Å². The number of piperidine rings is 1. The van der Waals surface area contributed by atoms with Crippen LogP contribution in [0.1, 0.15) is 12.8 Å². The van der Waals surface area contributed by atoms with Crippen molar-refractivity contribution in [3.63, 3.8) is 0 Å². The minimum atomic E-state index is -0.375. The molecule has 0 amide bonds. The van der Waals surface area contributed by atoms with Crippen LogP contribution in [0.2, 0.25) is 5.02 Å². The zero-order valence-electron chi connectivity index (χ0n) is 8.11. The number of hydrogen-bond acceptors (Lipinski definition) is 4. The number of aliphatic hydroxyl groups is 1. The van der Waals surface area contributed by atoms with Crippen LogP contribution >= 0.6 is 11.6 Å². The molecule has 1 aliphatic heterocycles. The number of H-pyrrole nitrogens is 1. The van der Waals surface area contributed by atoms with Gasteiger partial charge in [0.25, 0.3) is 5.56 Å². The van der Waals surface area contributed by atoms with E-state index < -0.39 is 0 Å². The highest BCUT2D eigenvalue weighted by Crippen LogP contribution is 2.23. The molecular formula is C9H12ClN3O2. The van der Waals surface area contributed by atoms with Crippen LogP contribution in [0.5, 0.6) is 0 Å². The van der Waals surface area contributed by atoms with Crippen molar-refractivity contribution < 1.29 is 5.11 Å². The molecular weight excluding hydrogens is 218 g/mol. The Morgan fingerprint density at radius 2 is 2.20 bits per heavy atom. The maximum atomic E-state index is 11.2. The molecule has 2 heterocycles. The lowest BCUT2D eigenvalue weighted by Crippen LogP contribution is -2.36. The second-order valence-corrected chi connectivity index (χ2v) is 3.99. The minimum Gasteiger partial charge on any atom is -0.393 e. The van der Waals surface area contributed by atoms with E-state index >= 15 is 0 Å². The third kappa shape index (κ3) is 2.13. The predicted molar refractivity (Wildman–Crippen MR) is 57.3 cm³/mol. The first-order chi connectivity index (χ1) is 7.18. The SMILES string of the molecule is O=c1[nH]ncc(N2CCC(O)CC2)c1Cl. The van der Waals surface area contributed by atoms with Crippen molar-refractivity contribution in [2.75, 3.05) is 18.0 Å². The quantitative estimate of drug-likeness (QED) is 0.731. The average molecular weight is 230 g/mol. The maximum absolute atomic E-state index is 11.2. The molecule has 0 bridgehead atoms. The lowest BCUT2D eigenvalue weighted by molar-refractivity contribution is 0.145. The Labute approximate surface area is 91.7 Å². The van der Waals surface area contributed by atoms with E-state index in [1.807, 2.05) is 4.90 Å². The number of nitrogens with zero attached hydrogens (tertiary/aromatic N) is 2. The topological polar surface area (TPSA) is 69.2 Å². The fourth-order valence-electron chi connectivity index (χ4n) is 1.70. The molecule has 15 heavy (non-hydrogen) atoms. The summed E-state index contributed by atoms with van der Waals surface area (Å²) in [5.41, 5.74) is 0.271. The summed E-state index contributed by atoms with van der Waals surface area (Å²) in [4.78, 5) is 13.2. The Morgan fingerprint density at radius 3 is 2.87 bits per heavy atom. The molecule has 0 saturated carbocycles. The first-order valence-electron chi connectivity index (χ1n) is 4.84. The molecule has 6 heteroatoms. The number of aromatic nitrogens is 2. The summed E-state index contributed by atoms with van der Waals surface area (Å²) >= 11 is 5.88. The van der Waals surface area contributed by atoms with E-state index in [9.17, 15) is 9.90 Å². The Kier molecular flexibility index (Phi) is 2.93. The Morgan fingerprint density at radius 1 is 1.53 bits per heavy atom. The molecule has 0 spiro atoms. The van der Waals surface area contributed by atoms with Crippen LogP contribution in [-0.2, 0) is 0 Å². The molecule has 0 aromatic carbocycles. The van der Waals surface area contributed by atoms with Crippen LogP contribution in [0, 0.1) is 0 Å². The molecule has 1 aromatic rings. The lowest BCUT2D eigenvalue weighted by Gasteiger charge is -2.31. The Bertz CT molecular complexity index is 399. The van der Waals surface area contributed by atoms with Crippen LogP contribution in [0.25, 0.3) is 0 Å². The van der Waals surface area contributed by atoms with Crippen molar-refractivity contribution >= 4 is 17.3 Å². The molecule has 1 saturated heterocycles. The third-order valence-corrected chi connectivity index (χ3v) is 2.95. The van der Waals surface area contributed by atoms with Gasteiger partial charge in [-0.2, -0.15) is 5.10 Å². The zero-order chi connectivity index (χ0) is 10.8. The highest BCUT2D eigenvalue weighted by atomic mass is 35.5. The van der Waals surface area contributed by atoms with Crippen molar-refractivity contribution in [3.05, 3.63) is 21.6 Å². The summed E-state index contributed by atoms with van der Waals surface area (Å²) in [6, 6.07) is 0. The highest BCUT2D eigenvalue weighted by Gasteiger charge is 2.20. The van der Waals surface area contributed by atoms with Crippen LogP contribution in [0.15, 0.2) is 11.0 Å². The number of aromatic amines is 1. The van der Waals surface area contributed by atoms with Crippen LogP contribution in [0.3, 0.4) is 0 Å². The fourth-order valence-corrected chi connectivity index (χ4v) is 1.91. The first-order valence-corrected chi connectivity index (χ1v) is 5.22. The normalized spacial score (nSPS) is 18.1. The molecule has 1 aliphatic rings. The third-order valence-electron chi connectivity index (χ3n) is 2.58. The van der Waals surface area contributed by atoms with E-state index in [4.69, 9.17) is 11.6 Å². The lowest BCUT2D eigenvalue weighted by atomic mass is 10.1. The molecule has 1 fully saturated rings. The largest absolute Gasteiger partial charge is 0.393 e. The van der Waals surface area contributed by atoms with Gasteiger partial charge >= 0.3 is 0 Å². The van der Waals surface area contributed by atoms with E-state index in [-0.39, 0.29) is 16.7 Å². The summed E-state index contributed by atoms with van der Waals surface area (Å²) in [6.07, 6.45) is 2.70. The van der Waals surface area contributed by atoms with E-state index in [0.717, 1.165) is 0 Å². The van der Waals surface area contributed by atoms with E-state index in [1.54, 1.807) is 6.20 Å². The van der Waals surface area contributed by atoms with Gasteiger partial charge in [-0.05, 0) is 12.8 Å². The maximum Gasteiger partial charge on any atom is 0.285 e. The van der Waals surface area contributed by atoms with Crippen molar-refractivity contribution in [1.29, 1.82) is 0 Å². The summed E-state index contributed by atoms with van der Waals surface area (Å²) in [6.45, 7) is 1.40. The summed E-state index contributed by atoms with van der Waals surface area (Å²) in [5, 5.41) is 15.5. The van der Waals surface area contributed by atoms with Gasteiger partial charge in [0.15, 0.2) is 0 Å². The van der Waals surface area contributed by atoms with Crippen molar-refractivity contribution in [1.82, 2.24) is 10.2 Å². The van der Waals surface area contributed by atoms with Gasteiger partial charge in [0.1, 0.15) is 5.02 Å². The molecule has 2 N–H and O–H groups in total. The van der Waals surface area contributed by atoms with Gasteiger partial charge in [0.05, 0.1) is 18.0 Å². The number of nitrogens with one attached hydrogen (secondary N) is 1. The highest BCUT2D eigenvalue weighted by molar-refractivity contribution is 6.32. The number of rotatable bonds is 1. The fraction of sp³-hybridized carbons (Fsp3) is 0.556. The van der Waals surface area contributed by atoms with Gasteiger partial charge in [-0.25, -0.2) is 5.10 Å². The Balaban J connectivity index is 2.23. The monoisotopic (exact) mass is 229 g/mol. The van der Waals surface area contributed by atoms with Crippen LogP contribution < -0.4 is 10.5 Å². The van der Waals surface area contributed by atoms with Gasteiger partial charge in [-0.1, -0.05) is 11.6 Å². The molecule has 0 atom stereocenters. The number of hydrogen-bond donors (Lipinski definition) is 2. The van der Waals surface area contributed by atoms with Gasteiger partial charge < -0.3 is 10.0 Å². The standard InChI is InChI=1S/C9H12ClN3O2/c10-8-7(5-11-12-9(8)15)13-3-1-6(14)2-4-13/h5-6,14H,1-4H2,(H,12,15). The van der Waals surface area contributed by atoms with Gasteiger partial charge in [0, 0.05) is 13.1 Å². The predicted octanol–water partition coefficient (Wildman–Crippen LogP) is 0.384. The zero-order valence-corrected chi connectivity index (χ0v) is 8.87. The van der Waals surface area contributed by atoms with E-state index in [2.05, 4.69) is 10.2 Å². The van der Waals surface area contributed by atoms with Crippen LogP contribution in [-0.4, -0.2) is 34.5 Å². The van der Waals surface area contributed by atoms with Crippen molar-refractivity contribution in [3.8, 4) is 0 Å². The molecule has 0 radical (unpaired) electrons. The number of anilines is 1. The molecule has 2 rings (SSSR count). The molecule has 82 valence electrons. The average Bonchev–Trinajstić information content (AvgIpc) is 2.24. The second kappa shape index (κ2) is 4.20. The summed E-state index contributed by atoms with van der Waals surface area (Å²) in [7, 11) is 0. The number of aliphatic hydroxyl groups excluding tert-OH is 1. The summed E-state index contributed by atoms with van der Waals surface area (Å²) in [5.74, 6) is 0. The summed E-state index contributed by atoms with van der Waals surface area (Å²) < 4.78 is 0. The smallest absolute Gasteiger partial charge is 0.285 e. The number of halogens is 1. The van der Waals surface area contributed by atoms with E-state index in [1.165, 1.54) is 0 Å². The molecule has 0 unspecified atom stereocenters. The first kappa shape index (κ1) is 10.4. The molecule has 5 nitrogen and oxygen atoms in total. The second-order valence-electron chi connectivity index (χ2n) is 3.62. The van der Waals surface area contributed by atoms with Gasteiger partial charge in [-0.15, -0.1) is 0 Å². The molecule has 1 aromatic heterocycles. The Hall–Kier alpha value is -1.07. The minimum absolute atomic E-state index is 0.168. The van der Waals surface area contributed by atoms with Gasteiger partial charge in [-0.3, -0.25) is 4.79 Å². The van der Waals surface area contributed by atoms with Crippen LogP contribution in [0.4, 0.5) is 5.69 Å². The van der Waals surface area contributed by atoms with Crippen molar-refractivity contribution in [2.45, 2.75) is 18.9 Å².